The lowest BCUT2D eigenvalue weighted by Crippen LogP contribution is -2.26. The summed E-state index contributed by atoms with van der Waals surface area (Å²) in [7, 11) is 0. The van der Waals surface area contributed by atoms with Gasteiger partial charge < -0.3 is 0 Å². The predicted octanol–water partition coefficient (Wildman–Crippen LogP) is 9.76. The molecule has 2 atom stereocenters. The zero-order valence-corrected chi connectivity index (χ0v) is 22.4. The van der Waals surface area contributed by atoms with E-state index >= 15 is 0 Å². The van der Waals surface area contributed by atoms with Gasteiger partial charge in [0.15, 0.2) is 11.4 Å². The molecule has 2 heterocycles. The lowest BCUT2D eigenvalue weighted by Gasteiger charge is -2.29. The summed E-state index contributed by atoms with van der Waals surface area (Å²) in [6.07, 6.45) is -19.0. The highest BCUT2D eigenvalue weighted by molar-refractivity contribution is 7.99. The minimum Gasteiger partial charge on any atom is -0.284 e. The SMILES string of the molecule is Cc1ccc(-c2c[nH]nc2C(F)(F)F)cc1C(SC(c1cc(-c2c[nH]nc2C(F)(F)F)ccc1C)C(F)(F)F)C(F)(F)F. The molecule has 0 aliphatic carbocycles. The third-order valence-corrected chi connectivity index (χ3v) is 8.02. The normalized spacial score (nSPS) is 14.7. The maximum atomic E-state index is 14.5. The molecule has 0 aliphatic heterocycles. The Morgan fingerprint density at radius 1 is 0.581 bits per heavy atom. The number of aryl methyl sites for hydroxylation is 2. The molecular formula is C26H18F12N4S. The number of alkyl halides is 12. The highest BCUT2D eigenvalue weighted by Crippen LogP contribution is 2.56. The topological polar surface area (TPSA) is 57.4 Å². The molecule has 0 saturated heterocycles. The Balaban J connectivity index is 1.84. The van der Waals surface area contributed by atoms with E-state index in [4.69, 9.17) is 0 Å². The summed E-state index contributed by atoms with van der Waals surface area (Å²) in [4.78, 5) is 0. The number of H-pyrrole nitrogens is 2. The van der Waals surface area contributed by atoms with Gasteiger partial charge in [-0.1, -0.05) is 24.3 Å². The van der Waals surface area contributed by atoms with Crippen LogP contribution in [0, 0.1) is 13.8 Å². The van der Waals surface area contributed by atoms with Gasteiger partial charge in [0.2, 0.25) is 0 Å². The summed E-state index contributed by atoms with van der Waals surface area (Å²) in [5.74, 6) is 0. The molecule has 232 valence electrons. The molecule has 0 fully saturated rings. The molecule has 0 spiro atoms. The van der Waals surface area contributed by atoms with Gasteiger partial charge >= 0.3 is 24.7 Å². The Hall–Kier alpha value is -3.63. The Labute approximate surface area is 238 Å². The van der Waals surface area contributed by atoms with Gasteiger partial charge in [0, 0.05) is 23.5 Å². The monoisotopic (exact) mass is 646 g/mol. The first-order valence-electron chi connectivity index (χ1n) is 11.9. The Bertz CT molecular complexity index is 1480. The molecular weight excluding hydrogens is 628 g/mol. The fraction of sp³-hybridized carbons (Fsp3) is 0.308. The predicted molar refractivity (Wildman–Crippen MR) is 133 cm³/mol. The van der Waals surface area contributed by atoms with Gasteiger partial charge in [-0.05, 0) is 59.4 Å². The summed E-state index contributed by atoms with van der Waals surface area (Å²) in [5, 5.41) is 4.34. The van der Waals surface area contributed by atoms with Crippen LogP contribution in [0.2, 0.25) is 0 Å². The van der Waals surface area contributed by atoms with Crippen molar-refractivity contribution in [1.82, 2.24) is 20.4 Å². The molecule has 17 heteroatoms. The van der Waals surface area contributed by atoms with Gasteiger partial charge in [-0.25, -0.2) is 0 Å². The van der Waals surface area contributed by atoms with Crippen LogP contribution in [0.1, 0.15) is 44.1 Å². The second-order valence-corrected chi connectivity index (χ2v) is 10.6. The standard InChI is InChI=1S/C26H18F12N4S/c1-11-3-5-13(17-9-39-41-19(17)23(27,28)29)7-15(11)21(25(33,34)35)43-22(26(36,37)38)16-8-14(6-4-12(16)2)18-10-40-42-20(18)24(30,31)32/h3-10,21-22H,1-2H3,(H,39,41)(H,40,42). The number of aromatic nitrogens is 4. The third kappa shape index (κ3) is 6.80. The van der Waals surface area contributed by atoms with Crippen molar-refractivity contribution in [2.45, 2.75) is 49.1 Å². The van der Waals surface area contributed by atoms with E-state index in [1.165, 1.54) is 0 Å². The molecule has 0 amide bonds. The van der Waals surface area contributed by atoms with Crippen LogP contribution in [-0.4, -0.2) is 32.7 Å². The van der Waals surface area contributed by atoms with Crippen molar-refractivity contribution in [2.24, 2.45) is 0 Å². The fourth-order valence-corrected chi connectivity index (χ4v) is 5.80. The van der Waals surface area contributed by atoms with E-state index in [0.29, 0.717) is 0 Å². The van der Waals surface area contributed by atoms with Gasteiger partial charge in [0.1, 0.15) is 10.5 Å². The van der Waals surface area contributed by atoms with Crippen molar-refractivity contribution in [3.8, 4) is 22.3 Å². The van der Waals surface area contributed by atoms with Crippen LogP contribution in [-0.2, 0) is 12.4 Å². The smallest absolute Gasteiger partial charge is 0.284 e. The van der Waals surface area contributed by atoms with Gasteiger partial charge in [-0.3, -0.25) is 10.2 Å². The summed E-state index contributed by atoms with van der Waals surface area (Å²) >= 11 is -0.572. The maximum absolute atomic E-state index is 14.5. The number of benzene rings is 2. The quantitative estimate of drug-likeness (QED) is 0.205. The summed E-state index contributed by atoms with van der Waals surface area (Å²) < 4.78 is 167. The third-order valence-electron chi connectivity index (χ3n) is 6.43. The van der Waals surface area contributed by atoms with Gasteiger partial charge in [0.05, 0.1) is 0 Å². The molecule has 2 aromatic carbocycles. The lowest BCUT2D eigenvalue weighted by molar-refractivity contribution is -0.141. The number of nitrogens with zero attached hydrogens (tertiary/aromatic N) is 2. The van der Waals surface area contributed by atoms with Crippen LogP contribution in [0.5, 0.6) is 0 Å². The molecule has 0 aliphatic rings. The second-order valence-electron chi connectivity index (χ2n) is 9.41. The first kappa shape index (κ1) is 32.3. The number of hydrogen-bond donors (Lipinski definition) is 2. The van der Waals surface area contributed by atoms with Crippen LogP contribution in [0.4, 0.5) is 52.7 Å². The average molecular weight is 647 g/mol. The van der Waals surface area contributed by atoms with Crippen molar-refractivity contribution in [1.29, 1.82) is 0 Å². The molecule has 43 heavy (non-hydrogen) atoms. The van der Waals surface area contributed by atoms with E-state index < -0.39 is 80.6 Å². The number of rotatable bonds is 6. The average Bonchev–Trinajstić information content (AvgIpc) is 3.55. The van der Waals surface area contributed by atoms with E-state index in [1.54, 1.807) is 0 Å². The van der Waals surface area contributed by atoms with Crippen molar-refractivity contribution in [3.63, 3.8) is 0 Å². The first-order chi connectivity index (χ1) is 19.7. The van der Waals surface area contributed by atoms with Crippen molar-refractivity contribution < 1.29 is 52.7 Å². The van der Waals surface area contributed by atoms with Crippen molar-refractivity contribution >= 4 is 11.8 Å². The van der Waals surface area contributed by atoms with Gasteiger partial charge in [-0.2, -0.15) is 62.9 Å². The largest absolute Gasteiger partial charge is 0.435 e. The Kier molecular flexibility index (Phi) is 8.36. The molecule has 0 radical (unpaired) electrons. The molecule has 2 unspecified atom stereocenters. The van der Waals surface area contributed by atoms with E-state index in [2.05, 4.69) is 10.2 Å². The molecule has 2 N–H and O–H groups in total. The number of nitrogens with one attached hydrogen (secondary N) is 2. The van der Waals surface area contributed by atoms with E-state index in [-0.39, 0.29) is 22.3 Å². The number of halogens is 12. The Morgan fingerprint density at radius 3 is 1.23 bits per heavy atom. The second kappa shape index (κ2) is 11.1. The number of aromatic amines is 2. The van der Waals surface area contributed by atoms with Crippen molar-refractivity contribution in [2.75, 3.05) is 0 Å². The van der Waals surface area contributed by atoms with Gasteiger partial charge in [-0.15, -0.1) is 11.8 Å². The molecule has 0 bridgehead atoms. The highest BCUT2D eigenvalue weighted by atomic mass is 32.2. The highest BCUT2D eigenvalue weighted by Gasteiger charge is 2.51. The molecule has 0 saturated carbocycles. The van der Waals surface area contributed by atoms with Crippen LogP contribution in [0.25, 0.3) is 22.3 Å². The molecule has 4 nitrogen and oxygen atoms in total. The minimum atomic E-state index is -5.33. The van der Waals surface area contributed by atoms with Crippen LogP contribution >= 0.6 is 11.8 Å². The summed E-state index contributed by atoms with van der Waals surface area (Å²) in [6.45, 7) is 2.31. The van der Waals surface area contributed by atoms with E-state index in [0.717, 1.165) is 62.6 Å². The maximum Gasteiger partial charge on any atom is 0.435 e. The van der Waals surface area contributed by atoms with Crippen LogP contribution in [0.3, 0.4) is 0 Å². The zero-order chi connectivity index (χ0) is 32.1. The minimum absolute atomic E-state index is 0.157. The van der Waals surface area contributed by atoms with E-state index in [9.17, 15) is 52.7 Å². The Morgan fingerprint density at radius 2 is 0.930 bits per heavy atom. The van der Waals surface area contributed by atoms with Crippen molar-refractivity contribution in [3.05, 3.63) is 82.4 Å². The summed E-state index contributed by atoms with van der Waals surface area (Å²) in [6, 6.07) is 5.69. The zero-order valence-electron chi connectivity index (χ0n) is 21.6. The lowest BCUT2D eigenvalue weighted by atomic mass is 9.97. The van der Waals surface area contributed by atoms with Crippen LogP contribution in [0.15, 0.2) is 48.8 Å². The number of hydrogen-bond acceptors (Lipinski definition) is 3. The van der Waals surface area contributed by atoms with Crippen LogP contribution < -0.4 is 0 Å². The molecule has 2 aromatic heterocycles. The molecule has 4 rings (SSSR count). The van der Waals surface area contributed by atoms with Gasteiger partial charge in [0.25, 0.3) is 0 Å². The summed E-state index contributed by atoms with van der Waals surface area (Å²) in [5.41, 5.74) is -6.63. The van der Waals surface area contributed by atoms with E-state index in [1.807, 2.05) is 10.2 Å². The number of thioether (sulfide) groups is 1. The molecule has 4 aromatic rings. The fourth-order valence-electron chi connectivity index (χ4n) is 4.42. The first-order valence-corrected chi connectivity index (χ1v) is 12.9.